The number of nitrogens with zero attached hydrogens (tertiary/aromatic N) is 1. The van der Waals surface area contributed by atoms with E-state index in [9.17, 15) is 5.11 Å². The van der Waals surface area contributed by atoms with Gasteiger partial charge in [-0.05, 0) is 35.7 Å². The molecule has 0 aliphatic rings. The van der Waals surface area contributed by atoms with Crippen LogP contribution in [0, 0.1) is 6.92 Å². The number of pyridine rings is 1. The van der Waals surface area contributed by atoms with E-state index in [0.717, 1.165) is 21.2 Å². The van der Waals surface area contributed by atoms with Crippen molar-refractivity contribution in [1.29, 1.82) is 0 Å². The average Bonchev–Trinajstić information content (AvgIpc) is 2.44. The summed E-state index contributed by atoms with van der Waals surface area (Å²) in [4.78, 5) is 4.09. The number of nitrogens with two attached hydrogens (primary N) is 1. The van der Waals surface area contributed by atoms with Crippen molar-refractivity contribution in [3.63, 3.8) is 0 Å². The van der Waals surface area contributed by atoms with Gasteiger partial charge < -0.3 is 10.8 Å². The van der Waals surface area contributed by atoms with Gasteiger partial charge in [0, 0.05) is 29.3 Å². The molecule has 2 rings (SSSR count). The molecular formula is C15H17BrN2O. The summed E-state index contributed by atoms with van der Waals surface area (Å²) in [7, 11) is 0. The summed E-state index contributed by atoms with van der Waals surface area (Å²) >= 11 is 3.49. The highest BCUT2D eigenvalue weighted by Crippen LogP contribution is 2.31. The Kier molecular flexibility index (Phi) is 4.69. The van der Waals surface area contributed by atoms with Crippen molar-refractivity contribution in [2.45, 2.75) is 18.9 Å². The van der Waals surface area contributed by atoms with E-state index < -0.39 is 6.10 Å². The average molecular weight is 321 g/mol. The maximum Gasteiger partial charge on any atom is 0.0871 e. The van der Waals surface area contributed by atoms with Gasteiger partial charge in [0.15, 0.2) is 0 Å². The van der Waals surface area contributed by atoms with E-state index >= 15 is 0 Å². The number of hydrogen-bond acceptors (Lipinski definition) is 3. The van der Waals surface area contributed by atoms with E-state index in [0.29, 0.717) is 6.54 Å². The molecule has 0 spiro atoms. The minimum absolute atomic E-state index is 0.150. The van der Waals surface area contributed by atoms with Gasteiger partial charge in [-0.2, -0.15) is 0 Å². The molecule has 19 heavy (non-hydrogen) atoms. The second kappa shape index (κ2) is 6.28. The molecule has 0 bridgehead atoms. The lowest BCUT2D eigenvalue weighted by Crippen LogP contribution is -2.20. The lowest BCUT2D eigenvalue weighted by atomic mass is 9.90. The van der Waals surface area contributed by atoms with Crippen LogP contribution in [0.3, 0.4) is 0 Å². The van der Waals surface area contributed by atoms with Crippen LogP contribution in [-0.4, -0.2) is 16.6 Å². The largest absolute Gasteiger partial charge is 0.388 e. The first kappa shape index (κ1) is 14.2. The molecule has 0 saturated carbocycles. The minimum Gasteiger partial charge on any atom is -0.388 e. The monoisotopic (exact) mass is 320 g/mol. The van der Waals surface area contributed by atoms with Gasteiger partial charge in [-0.3, -0.25) is 4.98 Å². The summed E-state index contributed by atoms with van der Waals surface area (Å²) in [5.41, 5.74) is 8.76. The molecule has 1 aromatic heterocycles. The summed E-state index contributed by atoms with van der Waals surface area (Å²) in [5, 5.41) is 10.5. The van der Waals surface area contributed by atoms with Crippen LogP contribution < -0.4 is 5.73 Å². The lowest BCUT2D eigenvalue weighted by molar-refractivity contribution is 0.147. The standard InChI is InChI=1S/C15H17BrN2O/c1-10-4-5-11(7-14(10)16)15(19)13(8-17)12-3-2-6-18-9-12/h2-7,9,13,15,19H,8,17H2,1H3. The molecule has 0 aliphatic heterocycles. The Morgan fingerprint density at radius 3 is 2.68 bits per heavy atom. The number of hydrogen-bond donors (Lipinski definition) is 2. The van der Waals surface area contributed by atoms with Gasteiger partial charge in [0.05, 0.1) is 6.10 Å². The molecule has 0 radical (unpaired) electrons. The second-order valence-electron chi connectivity index (χ2n) is 4.58. The summed E-state index contributed by atoms with van der Waals surface area (Å²) in [6.45, 7) is 2.39. The van der Waals surface area contributed by atoms with Gasteiger partial charge in [0.25, 0.3) is 0 Å². The van der Waals surface area contributed by atoms with Crippen molar-refractivity contribution < 1.29 is 5.11 Å². The molecule has 0 fully saturated rings. The zero-order valence-corrected chi connectivity index (χ0v) is 12.3. The van der Waals surface area contributed by atoms with Crippen molar-refractivity contribution in [2.24, 2.45) is 5.73 Å². The predicted molar refractivity (Wildman–Crippen MR) is 79.9 cm³/mol. The Morgan fingerprint density at radius 2 is 2.11 bits per heavy atom. The third-order valence-electron chi connectivity index (χ3n) is 3.29. The van der Waals surface area contributed by atoms with Crippen LogP contribution in [0.1, 0.15) is 28.7 Å². The van der Waals surface area contributed by atoms with E-state index in [1.54, 1.807) is 12.4 Å². The van der Waals surface area contributed by atoms with Gasteiger partial charge >= 0.3 is 0 Å². The van der Waals surface area contributed by atoms with E-state index in [4.69, 9.17) is 5.73 Å². The Morgan fingerprint density at radius 1 is 1.32 bits per heavy atom. The van der Waals surface area contributed by atoms with E-state index in [1.807, 2.05) is 37.3 Å². The number of halogens is 1. The first-order chi connectivity index (χ1) is 9.13. The molecular weight excluding hydrogens is 304 g/mol. The molecule has 3 N–H and O–H groups in total. The second-order valence-corrected chi connectivity index (χ2v) is 5.44. The van der Waals surface area contributed by atoms with Crippen molar-refractivity contribution in [2.75, 3.05) is 6.54 Å². The number of aliphatic hydroxyl groups is 1. The highest BCUT2D eigenvalue weighted by molar-refractivity contribution is 9.10. The number of aryl methyl sites for hydroxylation is 1. The fourth-order valence-corrected chi connectivity index (χ4v) is 2.46. The molecule has 2 unspecified atom stereocenters. The highest BCUT2D eigenvalue weighted by Gasteiger charge is 2.22. The van der Waals surface area contributed by atoms with Gasteiger partial charge in [-0.1, -0.05) is 34.1 Å². The number of aliphatic hydroxyl groups excluding tert-OH is 1. The zero-order valence-electron chi connectivity index (χ0n) is 10.8. The first-order valence-corrected chi connectivity index (χ1v) is 6.97. The molecule has 1 heterocycles. The Balaban J connectivity index is 2.30. The molecule has 3 nitrogen and oxygen atoms in total. The van der Waals surface area contributed by atoms with E-state index in [-0.39, 0.29) is 5.92 Å². The fraction of sp³-hybridized carbons (Fsp3) is 0.267. The normalized spacial score (nSPS) is 14.1. The van der Waals surface area contributed by atoms with Crippen LogP contribution in [0.5, 0.6) is 0 Å². The zero-order chi connectivity index (χ0) is 13.8. The minimum atomic E-state index is -0.633. The van der Waals surface area contributed by atoms with Crippen LogP contribution in [0.25, 0.3) is 0 Å². The smallest absolute Gasteiger partial charge is 0.0871 e. The molecule has 4 heteroatoms. The van der Waals surface area contributed by atoms with Gasteiger partial charge in [0.2, 0.25) is 0 Å². The molecule has 0 saturated heterocycles. The summed E-state index contributed by atoms with van der Waals surface area (Å²) in [5.74, 6) is -0.150. The molecule has 2 atom stereocenters. The van der Waals surface area contributed by atoms with Crippen molar-refractivity contribution in [3.05, 3.63) is 63.9 Å². The van der Waals surface area contributed by atoms with Gasteiger partial charge in [-0.15, -0.1) is 0 Å². The SMILES string of the molecule is Cc1ccc(C(O)C(CN)c2cccnc2)cc1Br. The van der Waals surface area contributed by atoms with Crippen LogP contribution >= 0.6 is 15.9 Å². The maximum absolute atomic E-state index is 10.5. The Hall–Kier alpha value is -1.23. The van der Waals surface area contributed by atoms with Crippen LogP contribution in [0.15, 0.2) is 47.2 Å². The van der Waals surface area contributed by atoms with E-state index in [1.165, 1.54) is 0 Å². The summed E-state index contributed by atoms with van der Waals surface area (Å²) in [6.07, 6.45) is 2.83. The van der Waals surface area contributed by atoms with Crippen LogP contribution in [0.4, 0.5) is 0 Å². The molecule has 0 aliphatic carbocycles. The van der Waals surface area contributed by atoms with Crippen LogP contribution in [-0.2, 0) is 0 Å². The third-order valence-corrected chi connectivity index (χ3v) is 4.14. The van der Waals surface area contributed by atoms with Crippen LogP contribution in [0.2, 0.25) is 0 Å². The Labute approximate surface area is 121 Å². The molecule has 2 aromatic rings. The van der Waals surface area contributed by atoms with Crippen molar-refractivity contribution in [3.8, 4) is 0 Å². The number of benzene rings is 1. The molecule has 0 amide bonds. The summed E-state index contributed by atoms with van der Waals surface area (Å²) in [6, 6.07) is 9.66. The highest BCUT2D eigenvalue weighted by atomic mass is 79.9. The van der Waals surface area contributed by atoms with Gasteiger partial charge in [0.1, 0.15) is 0 Å². The Bertz CT molecular complexity index is 545. The van der Waals surface area contributed by atoms with Crippen molar-refractivity contribution in [1.82, 2.24) is 4.98 Å². The predicted octanol–water partition coefficient (Wildman–Crippen LogP) is 2.93. The molecule has 100 valence electrons. The van der Waals surface area contributed by atoms with E-state index in [2.05, 4.69) is 20.9 Å². The summed E-state index contributed by atoms with van der Waals surface area (Å²) < 4.78 is 0.992. The lowest BCUT2D eigenvalue weighted by Gasteiger charge is -2.22. The third kappa shape index (κ3) is 3.21. The number of rotatable bonds is 4. The maximum atomic E-state index is 10.5. The first-order valence-electron chi connectivity index (χ1n) is 6.17. The van der Waals surface area contributed by atoms with Crippen molar-refractivity contribution >= 4 is 15.9 Å². The number of aromatic nitrogens is 1. The fourth-order valence-electron chi connectivity index (χ4n) is 2.07. The van der Waals surface area contributed by atoms with Gasteiger partial charge in [-0.25, -0.2) is 0 Å². The quantitative estimate of drug-likeness (QED) is 0.910. The molecule has 1 aromatic carbocycles. The topological polar surface area (TPSA) is 59.1 Å².